The first-order valence-corrected chi connectivity index (χ1v) is 9.32. The Labute approximate surface area is 145 Å². The normalized spacial score (nSPS) is 51.1. The first-order valence-electron chi connectivity index (χ1n) is 9.32. The highest BCUT2D eigenvalue weighted by Crippen LogP contribution is 2.76. The van der Waals surface area contributed by atoms with E-state index in [0.717, 1.165) is 25.7 Å². The van der Waals surface area contributed by atoms with Crippen LogP contribution in [0.2, 0.25) is 0 Å². The highest BCUT2D eigenvalue weighted by atomic mass is 16.1. The van der Waals surface area contributed by atoms with Crippen LogP contribution in [0.4, 0.5) is 0 Å². The third-order valence-electron chi connectivity index (χ3n) is 7.92. The molecule has 0 N–H and O–H groups in total. The Balaban J connectivity index is 1.95. The molecule has 0 aromatic rings. The fraction of sp³-hybridized carbons (Fsp3) is 0.522. The van der Waals surface area contributed by atoms with Gasteiger partial charge in [0.1, 0.15) is 5.78 Å². The largest absolute Gasteiger partial charge is 0.298 e. The zero-order chi connectivity index (χ0) is 17.1. The van der Waals surface area contributed by atoms with Crippen LogP contribution in [0.1, 0.15) is 25.7 Å². The van der Waals surface area contributed by atoms with Crippen molar-refractivity contribution in [2.24, 2.45) is 46.3 Å². The standard InChI is InChI=1S/C23H28O/c1-5-11-22-17(8-4)13-15(6-2)19(22)20-16(7-3)14-18-10-9-12-23(18,20)21(22)24/h5-10,15-20H,1-4,11-14H2/t15-,16+,17+,18-,19+,20+,22+,23+/m0/s1. The molecule has 0 aliphatic heterocycles. The van der Waals surface area contributed by atoms with Crippen molar-refractivity contribution in [3.05, 3.63) is 62.8 Å². The van der Waals surface area contributed by atoms with E-state index in [-0.39, 0.29) is 16.7 Å². The maximum atomic E-state index is 14.1. The SMILES string of the molecule is C=CC[C@]12C(=O)[C@]34CC=C[C@H]3C[C@@H](C=C)[C@@H]4[C@H]1[C@@H](C=C)C[C@H]2C=C. The van der Waals surface area contributed by atoms with Crippen molar-refractivity contribution in [3.8, 4) is 0 Å². The molecule has 1 nitrogen and oxygen atoms in total. The van der Waals surface area contributed by atoms with Crippen molar-refractivity contribution < 1.29 is 4.79 Å². The molecule has 126 valence electrons. The van der Waals surface area contributed by atoms with Crippen molar-refractivity contribution in [2.75, 3.05) is 0 Å². The summed E-state index contributed by atoms with van der Waals surface area (Å²) in [6, 6.07) is 0. The van der Waals surface area contributed by atoms with E-state index in [9.17, 15) is 4.79 Å². The molecule has 24 heavy (non-hydrogen) atoms. The zero-order valence-electron chi connectivity index (χ0n) is 14.5. The lowest BCUT2D eigenvalue weighted by Crippen LogP contribution is -2.41. The van der Waals surface area contributed by atoms with Gasteiger partial charge in [-0.25, -0.2) is 0 Å². The summed E-state index contributed by atoms with van der Waals surface area (Å²) in [6.07, 6.45) is 16.6. The highest BCUT2D eigenvalue weighted by Gasteiger charge is 2.76. The second kappa shape index (κ2) is 5.18. The number of carbonyl (C=O) groups excluding carboxylic acids is 1. The number of rotatable bonds is 5. The van der Waals surface area contributed by atoms with Gasteiger partial charge < -0.3 is 0 Å². The molecule has 0 unspecified atom stereocenters. The number of fused-ring (bicyclic) bond motifs is 2. The topological polar surface area (TPSA) is 17.1 Å². The van der Waals surface area contributed by atoms with Crippen LogP contribution >= 0.6 is 0 Å². The van der Waals surface area contributed by atoms with Crippen LogP contribution in [0.5, 0.6) is 0 Å². The quantitative estimate of drug-likeness (QED) is 0.641. The number of carbonyl (C=O) groups is 1. The fourth-order valence-corrected chi connectivity index (χ4v) is 7.27. The van der Waals surface area contributed by atoms with Gasteiger partial charge >= 0.3 is 0 Å². The number of hydrogen-bond acceptors (Lipinski definition) is 1. The molecule has 4 aliphatic carbocycles. The molecule has 8 atom stereocenters. The van der Waals surface area contributed by atoms with Crippen molar-refractivity contribution in [2.45, 2.75) is 25.7 Å². The zero-order valence-corrected chi connectivity index (χ0v) is 14.5. The summed E-state index contributed by atoms with van der Waals surface area (Å²) in [7, 11) is 0. The summed E-state index contributed by atoms with van der Waals surface area (Å²) < 4.78 is 0. The van der Waals surface area contributed by atoms with Crippen LogP contribution in [0, 0.1) is 46.3 Å². The van der Waals surface area contributed by atoms with E-state index in [0.29, 0.717) is 35.4 Å². The Morgan fingerprint density at radius 1 is 1.04 bits per heavy atom. The van der Waals surface area contributed by atoms with Gasteiger partial charge in [-0.05, 0) is 61.2 Å². The minimum Gasteiger partial charge on any atom is -0.298 e. The Hall–Kier alpha value is -1.63. The Morgan fingerprint density at radius 2 is 1.75 bits per heavy atom. The highest BCUT2D eigenvalue weighted by molar-refractivity contribution is 5.96. The van der Waals surface area contributed by atoms with E-state index in [1.54, 1.807) is 0 Å². The molecular weight excluding hydrogens is 292 g/mol. The summed E-state index contributed by atoms with van der Waals surface area (Å²) in [5, 5.41) is 0. The third-order valence-corrected chi connectivity index (χ3v) is 7.92. The maximum absolute atomic E-state index is 14.1. The Kier molecular flexibility index (Phi) is 3.43. The number of allylic oxidation sites excluding steroid dienone is 6. The molecule has 0 heterocycles. The lowest BCUT2D eigenvalue weighted by molar-refractivity contribution is -0.136. The molecule has 4 rings (SSSR count). The first kappa shape index (κ1) is 15.9. The van der Waals surface area contributed by atoms with Gasteiger partial charge in [-0.15, -0.1) is 26.3 Å². The average Bonchev–Trinajstić information content (AvgIpc) is 3.26. The maximum Gasteiger partial charge on any atom is 0.147 e. The van der Waals surface area contributed by atoms with Gasteiger partial charge in [-0.1, -0.05) is 36.5 Å². The van der Waals surface area contributed by atoms with Crippen LogP contribution in [0.15, 0.2) is 62.8 Å². The van der Waals surface area contributed by atoms with Gasteiger partial charge in [0.2, 0.25) is 0 Å². The third kappa shape index (κ3) is 1.50. The van der Waals surface area contributed by atoms with Crippen LogP contribution in [-0.4, -0.2) is 5.78 Å². The second-order valence-electron chi connectivity index (χ2n) is 8.31. The van der Waals surface area contributed by atoms with Gasteiger partial charge in [-0.2, -0.15) is 0 Å². The summed E-state index contributed by atoms with van der Waals surface area (Å²) >= 11 is 0. The second-order valence-corrected chi connectivity index (χ2v) is 8.31. The molecule has 3 fully saturated rings. The Bertz CT molecular complexity index is 655. The van der Waals surface area contributed by atoms with Gasteiger partial charge in [0, 0.05) is 10.8 Å². The van der Waals surface area contributed by atoms with E-state index in [2.05, 4.69) is 50.6 Å². The molecule has 0 aromatic carbocycles. The first-order chi connectivity index (χ1) is 11.6. The van der Waals surface area contributed by atoms with Crippen molar-refractivity contribution in [1.82, 2.24) is 0 Å². The van der Waals surface area contributed by atoms with Gasteiger partial charge in [0.15, 0.2) is 0 Å². The summed E-state index contributed by atoms with van der Waals surface area (Å²) in [4.78, 5) is 14.1. The van der Waals surface area contributed by atoms with Crippen molar-refractivity contribution in [3.63, 3.8) is 0 Å². The number of Topliss-reactive ketones (excluding diaryl/α,β-unsaturated/α-hetero) is 1. The predicted molar refractivity (Wildman–Crippen MR) is 99.2 cm³/mol. The smallest absolute Gasteiger partial charge is 0.147 e. The predicted octanol–water partition coefficient (Wildman–Crippen LogP) is 5.14. The average molecular weight is 320 g/mol. The molecule has 0 radical (unpaired) electrons. The summed E-state index contributed by atoms with van der Waals surface area (Å²) in [6.45, 7) is 16.3. The molecule has 1 spiro atoms. The minimum atomic E-state index is -0.320. The van der Waals surface area contributed by atoms with Gasteiger partial charge in [-0.3, -0.25) is 4.79 Å². The molecule has 1 heteroatoms. The van der Waals surface area contributed by atoms with E-state index >= 15 is 0 Å². The summed E-state index contributed by atoms with van der Waals surface area (Å²) in [5.74, 6) is 2.71. The van der Waals surface area contributed by atoms with E-state index in [1.165, 1.54) is 0 Å². The number of ketones is 1. The lowest BCUT2D eigenvalue weighted by atomic mass is 9.66. The molecule has 0 bridgehead atoms. The lowest BCUT2D eigenvalue weighted by Gasteiger charge is -2.35. The molecule has 0 amide bonds. The van der Waals surface area contributed by atoms with Crippen LogP contribution < -0.4 is 0 Å². The number of hydrogen-bond donors (Lipinski definition) is 0. The van der Waals surface area contributed by atoms with E-state index in [4.69, 9.17) is 0 Å². The molecular formula is C23H28O. The molecule has 3 saturated carbocycles. The molecule has 0 saturated heterocycles. The van der Waals surface area contributed by atoms with Gasteiger partial charge in [0.05, 0.1) is 0 Å². The summed E-state index contributed by atoms with van der Waals surface area (Å²) in [5.41, 5.74) is -0.519. The van der Waals surface area contributed by atoms with Crippen LogP contribution in [0.25, 0.3) is 0 Å². The fourth-order valence-electron chi connectivity index (χ4n) is 7.27. The van der Waals surface area contributed by atoms with Crippen LogP contribution in [-0.2, 0) is 4.79 Å². The monoisotopic (exact) mass is 320 g/mol. The van der Waals surface area contributed by atoms with Crippen molar-refractivity contribution >= 4 is 5.78 Å². The van der Waals surface area contributed by atoms with Crippen molar-refractivity contribution in [1.29, 1.82) is 0 Å². The van der Waals surface area contributed by atoms with Gasteiger partial charge in [0.25, 0.3) is 0 Å². The van der Waals surface area contributed by atoms with Crippen LogP contribution in [0.3, 0.4) is 0 Å². The minimum absolute atomic E-state index is 0.199. The Morgan fingerprint density at radius 3 is 2.38 bits per heavy atom. The molecule has 4 aliphatic rings. The molecule has 0 aromatic heterocycles. The van der Waals surface area contributed by atoms with E-state index < -0.39 is 0 Å². The van der Waals surface area contributed by atoms with E-state index in [1.807, 2.05) is 12.2 Å².